The van der Waals surface area contributed by atoms with Crippen molar-refractivity contribution in [1.82, 2.24) is 0 Å². The van der Waals surface area contributed by atoms with Crippen molar-refractivity contribution in [2.75, 3.05) is 0 Å². The fraction of sp³-hybridized carbons (Fsp3) is 0.0714. The lowest BCUT2D eigenvalue weighted by Gasteiger charge is -2.04. The van der Waals surface area contributed by atoms with Crippen LogP contribution in [0, 0.1) is 17.1 Å². The van der Waals surface area contributed by atoms with E-state index in [-0.39, 0.29) is 5.56 Å². The predicted octanol–water partition coefficient (Wildman–Crippen LogP) is 5.30. The molecule has 0 spiro atoms. The fourth-order valence-electron chi connectivity index (χ4n) is 1.48. The maximum absolute atomic E-state index is 13.2. The lowest BCUT2D eigenvalue weighted by atomic mass is 10.1. The summed E-state index contributed by atoms with van der Waals surface area (Å²) < 4.78 is 13.2. The second-order valence-corrected chi connectivity index (χ2v) is 5.65. The summed E-state index contributed by atoms with van der Waals surface area (Å²) in [6.45, 7) is 0. The Labute approximate surface area is 125 Å². The molecule has 5 heteroatoms. The van der Waals surface area contributed by atoms with Crippen LogP contribution in [0.4, 0.5) is 4.39 Å². The molecule has 0 saturated heterocycles. The second kappa shape index (κ2) is 6.29. The number of benzene rings is 2. The maximum atomic E-state index is 13.2. The average Bonchev–Trinajstić information content (AvgIpc) is 2.41. The molecule has 0 aliphatic heterocycles. The average molecular weight is 312 g/mol. The number of hydrogen-bond acceptors (Lipinski definition) is 2. The molecule has 0 atom stereocenters. The molecule has 19 heavy (non-hydrogen) atoms. The molecule has 0 amide bonds. The van der Waals surface area contributed by atoms with E-state index in [1.165, 1.54) is 6.07 Å². The van der Waals surface area contributed by atoms with E-state index < -0.39 is 5.82 Å². The molecule has 2 rings (SSSR count). The monoisotopic (exact) mass is 311 g/mol. The van der Waals surface area contributed by atoms with Crippen molar-refractivity contribution in [1.29, 1.82) is 5.26 Å². The van der Waals surface area contributed by atoms with E-state index in [0.717, 1.165) is 10.5 Å². The first-order valence-electron chi connectivity index (χ1n) is 5.36. The third kappa shape index (κ3) is 3.63. The molecule has 0 radical (unpaired) electrons. The maximum Gasteiger partial charge on any atom is 0.140 e. The number of thioether (sulfide) groups is 1. The molecule has 2 aromatic carbocycles. The summed E-state index contributed by atoms with van der Waals surface area (Å²) in [7, 11) is 0. The molecule has 0 N–H and O–H groups in total. The highest BCUT2D eigenvalue weighted by Gasteiger charge is 2.04. The smallest absolute Gasteiger partial charge is 0.140 e. The topological polar surface area (TPSA) is 23.8 Å². The molecule has 96 valence electrons. The third-order valence-corrected chi connectivity index (χ3v) is 4.25. The van der Waals surface area contributed by atoms with Gasteiger partial charge in [0.1, 0.15) is 11.9 Å². The highest BCUT2D eigenvalue weighted by molar-refractivity contribution is 7.98. The van der Waals surface area contributed by atoms with Crippen molar-refractivity contribution >= 4 is 35.0 Å². The van der Waals surface area contributed by atoms with Crippen molar-refractivity contribution in [3.05, 3.63) is 63.4 Å². The van der Waals surface area contributed by atoms with Crippen LogP contribution in [-0.2, 0) is 5.75 Å². The molecule has 0 aromatic heterocycles. The standard InChI is InChI=1S/C14H8Cl2FNS/c15-12-3-2-11(6-13(12)16)19-8-9-1-4-14(17)10(5-9)7-18/h1-6H,8H2. The summed E-state index contributed by atoms with van der Waals surface area (Å²) in [6, 6.07) is 11.7. The van der Waals surface area contributed by atoms with Gasteiger partial charge in [0.2, 0.25) is 0 Å². The largest absolute Gasteiger partial charge is 0.206 e. The van der Waals surface area contributed by atoms with E-state index in [1.54, 1.807) is 36.0 Å². The number of rotatable bonds is 3. The summed E-state index contributed by atoms with van der Waals surface area (Å²) in [6.07, 6.45) is 0. The van der Waals surface area contributed by atoms with E-state index in [0.29, 0.717) is 15.8 Å². The second-order valence-electron chi connectivity index (χ2n) is 3.79. The Morgan fingerprint density at radius 1 is 1.11 bits per heavy atom. The van der Waals surface area contributed by atoms with E-state index in [1.807, 2.05) is 12.1 Å². The van der Waals surface area contributed by atoms with E-state index in [4.69, 9.17) is 28.5 Å². The number of hydrogen-bond donors (Lipinski definition) is 0. The van der Waals surface area contributed by atoms with Crippen LogP contribution in [0.5, 0.6) is 0 Å². The van der Waals surface area contributed by atoms with Gasteiger partial charge in [-0.15, -0.1) is 11.8 Å². The summed E-state index contributed by atoms with van der Waals surface area (Å²) in [5.41, 5.74) is 0.946. The van der Waals surface area contributed by atoms with Crippen LogP contribution in [0.3, 0.4) is 0 Å². The van der Waals surface area contributed by atoms with Crippen LogP contribution in [-0.4, -0.2) is 0 Å². The van der Waals surface area contributed by atoms with Crippen molar-refractivity contribution < 1.29 is 4.39 Å². The zero-order valence-corrected chi connectivity index (χ0v) is 12.0. The molecule has 1 nitrogen and oxygen atoms in total. The minimum atomic E-state index is -0.495. The Kier molecular flexibility index (Phi) is 4.71. The van der Waals surface area contributed by atoms with Crippen molar-refractivity contribution in [3.8, 4) is 6.07 Å². The lowest BCUT2D eigenvalue weighted by molar-refractivity contribution is 0.623. The highest BCUT2D eigenvalue weighted by atomic mass is 35.5. The zero-order valence-electron chi connectivity index (χ0n) is 9.66. The SMILES string of the molecule is N#Cc1cc(CSc2ccc(Cl)c(Cl)c2)ccc1F. The van der Waals surface area contributed by atoms with Gasteiger partial charge in [-0.25, -0.2) is 4.39 Å². The van der Waals surface area contributed by atoms with Crippen molar-refractivity contribution in [3.63, 3.8) is 0 Å². The zero-order chi connectivity index (χ0) is 13.8. The van der Waals surface area contributed by atoms with Gasteiger partial charge in [0.05, 0.1) is 15.6 Å². The predicted molar refractivity (Wildman–Crippen MR) is 77.1 cm³/mol. The third-order valence-electron chi connectivity index (χ3n) is 2.45. The van der Waals surface area contributed by atoms with Crippen LogP contribution >= 0.6 is 35.0 Å². The summed E-state index contributed by atoms with van der Waals surface area (Å²) in [5, 5.41) is 9.78. The van der Waals surface area contributed by atoms with Crippen LogP contribution < -0.4 is 0 Å². The number of halogens is 3. The Hall–Kier alpha value is -1.21. The van der Waals surface area contributed by atoms with Gasteiger partial charge in [-0.2, -0.15) is 5.26 Å². The van der Waals surface area contributed by atoms with Gasteiger partial charge in [0.25, 0.3) is 0 Å². The molecule has 0 saturated carbocycles. The van der Waals surface area contributed by atoms with Gasteiger partial charge in [-0.1, -0.05) is 29.3 Å². The first-order chi connectivity index (χ1) is 9.10. The number of nitrogens with zero attached hydrogens (tertiary/aromatic N) is 1. The van der Waals surface area contributed by atoms with Crippen LogP contribution in [0.15, 0.2) is 41.3 Å². The Balaban J connectivity index is 2.10. The van der Waals surface area contributed by atoms with Gasteiger partial charge in [-0.05, 0) is 35.9 Å². The minimum Gasteiger partial charge on any atom is -0.206 e. The van der Waals surface area contributed by atoms with Gasteiger partial charge < -0.3 is 0 Å². The van der Waals surface area contributed by atoms with Crippen molar-refractivity contribution in [2.24, 2.45) is 0 Å². The van der Waals surface area contributed by atoms with Crippen molar-refractivity contribution in [2.45, 2.75) is 10.6 Å². The molecule has 0 unspecified atom stereocenters. The Morgan fingerprint density at radius 3 is 2.58 bits per heavy atom. The van der Waals surface area contributed by atoms with Crippen LogP contribution in [0.1, 0.15) is 11.1 Å². The molecule has 0 heterocycles. The highest BCUT2D eigenvalue weighted by Crippen LogP contribution is 2.30. The molecule has 0 bridgehead atoms. The van der Waals surface area contributed by atoms with E-state index >= 15 is 0 Å². The molecular weight excluding hydrogens is 304 g/mol. The normalized spacial score (nSPS) is 10.2. The lowest BCUT2D eigenvalue weighted by Crippen LogP contribution is -1.87. The molecule has 2 aromatic rings. The molecule has 0 fully saturated rings. The fourth-order valence-corrected chi connectivity index (χ4v) is 2.72. The molecule has 0 aliphatic rings. The van der Waals surface area contributed by atoms with Crippen LogP contribution in [0.25, 0.3) is 0 Å². The molecular formula is C14H8Cl2FNS. The summed E-state index contributed by atoms with van der Waals surface area (Å²) >= 11 is 13.3. The summed E-state index contributed by atoms with van der Waals surface area (Å²) in [5.74, 6) is 0.137. The molecule has 0 aliphatic carbocycles. The van der Waals surface area contributed by atoms with E-state index in [2.05, 4.69) is 0 Å². The van der Waals surface area contributed by atoms with E-state index in [9.17, 15) is 4.39 Å². The summed E-state index contributed by atoms with van der Waals surface area (Å²) in [4.78, 5) is 0.970. The van der Waals surface area contributed by atoms with Gasteiger partial charge in [0.15, 0.2) is 0 Å². The van der Waals surface area contributed by atoms with Gasteiger partial charge in [-0.3, -0.25) is 0 Å². The first kappa shape index (κ1) is 14.2. The van der Waals surface area contributed by atoms with Gasteiger partial charge in [0, 0.05) is 10.6 Å². The van der Waals surface area contributed by atoms with Gasteiger partial charge >= 0.3 is 0 Å². The minimum absolute atomic E-state index is 0.0623. The van der Waals surface area contributed by atoms with Crippen LogP contribution in [0.2, 0.25) is 10.0 Å². The first-order valence-corrected chi connectivity index (χ1v) is 7.10. The Bertz CT molecular complexity index is 652. The number of nitriles is 1. The quantitative estimate of drug-likeness (QED) is 0.718. The Morgan fingerprint density at radius 2 is 1.89 bits per heavy atom.